The van der Waals surface area contributed by atoms with E-state index in [4.69, 9.17) is 4.74 Å². The van der Waals surface area contributed by atoms with E-state index in [1.54, 1.807) is 6.92 Å². The van der Waals surface area contributed by atoms with E-state index in [-0.39, 0.29) is 24.2 Å². The van der Waals surface area contributed by atoms with Crippen LogP contribution < -0.4 is 5.32 Å². The van der Waals surface area contributed by atoms with Gasteiger partial charge in [0.15, 0.2) is 0 Å². The van der Waals surface area contributed by atoms with Crippen LogP contribution in [-0.4, -0.2) is 29.3 Å². The van der Waals surface area contributed by atoms with Gasteiger partial charge in [0.2, 0.25) is 5.91 Å². The van der Waals surface area contributed by atoms with E-state index in [0.29, 0.717) is 0 Å². The predicted octanol–water partition coefficient (Wildman–Crippen LogP) is 2.80. The third-order valence-electron chi connectivity index (χ3n) is 2.71. The first-order chi connectivity index (χ1) is 9.19. The number of aliphatic hydroxyl groups is 1. The fourth-order valence-electron chi connectivity index (χ4n) is 1.61. The van der Waals surface area contributed by atoms with Gasteiger partial charge in [0, 0.05) is 4.47 Å². The topological polar surface area (TPSA) is 58.6 Å². The normalized spacial score (nSPS) is 14.7. The van der Waals surface area contributed by atoms with Gasteiger partial charge in [-0.05, 0) is 45.4 Å². The molecule has 112 valence electrons. The lowest BCUT2D eigenvalue weighted by Gasteiger charge is -2.23. The number of aliphatic hydroxyl groups excluding tert-OH is 1. The Morgan fingerprint density at radius 1 is 1.35 bits per heavy atom. The molecule has 1 aromatic rings. The predicted molar refractivity (Wildman–Crippen MR) is 82.4 cm³/mol. The highest BCUT2D eigenvalue weighted by Crippen LogP contribution is 2.19. The Hall–Kier alpha value is -0.910. The van der Waals surface area contributed by atoms with Gasteiger partial charge in [0.05, 0.1) is 17.7 Å². The molecule has 0 spiro atoms. The summed E-state index contributed by atoms with van der Waals surface area (Å²) in [5, 5.41) is 12.9. The molecule has 0 fully saturated rings. The fourth-order valence-corrected chi connectivity index (χ4v) is 1.87. The minimum atomic E-state index is -0.748. The van der Waals surface area contributed by atoms with Crippen molar-refractivity contribution in [3.05, 3.63) is 34.3 Å². The maximum atomic E-state index is 11.7. The summed E-state index contributed by atoms with van der Waals surface area (Å²) in [5.41, 5.74) is 0.406. The third-order valence-corrected chi connectivity index (χ3v) is 3.24. The molecule has 0 radical (unpaired) electrons. The van der Waals surface area contributed by atoms with Crippen LogP contribution in [0.4, 0.5) is 0 Å². The van der Waals surface area contributed by atoms with Gasteiger partial charge in [-0.25, -0.2) is 0 Å². The first kappa shape index (κ1) is 17.1. The summed E-state index contributed by atoms with van der Waals surface area (Å²) >= 11 is 3.34. The summed E-state index contributed by atoms with van der Waals surface area (Å²) in [4.78, 5) is 11.7. The zero-order valence-corrected chi connectivity index (χ0v) is 13.9. The van der Waals surface area contributed by atoms with Crippen molar-refractivity contribution >= 4 is 21.8 Å². The molecular formula is C15H22BrNO3. The molecule has 2 atom stereocenters. The molecule has 0 bridgehead atoms. The van der Waals surface area contributed by atoms with Crippen LogP contribution in [0.5, 0.6) is 0 Å². The lowest BCUT2D eigenvalue weighted by Crippen LogP contribution is -2.40. The summed E-state index contributed by atoms with van der Waals surface area (Å²) in [7, 11) is 0. The van der Waals surface area contributed by atoms with E-state index in [9.17, 15) is 9.90 Å². The Morgan fingerprint density at radius 3 is 2.40 bits per heavy atom. The molecule has 1 aromatic carbocycles. The average molecular weight is 344 g/mol. The summed E-state index contributed by atoms with van der Waals surface area (Å²) in [6.45, 7) is 7.42. The lowest BCUT2D eigenvalue weighted by atomic mass is 10.0. The average Bonchev–Trinajstić information content (AvgIpc) is 2.35. The number of amides is 1. The van der Waals surface area contributed by atoms with E-state index in [0.717, 1.165) is 10.0 Å². The molecule has 0 aliphatic rings. The van der Waals surface area contributed by atoms with Crippen molar-refractivity contribution in [1.82, 2.24) is 5.32 Å². The summed E-state index contributed by atoms with van der Waals surface area (Å²) in [6.07, 6.45) is -0.748. The molecule has 0 saturated heterocycles. The molecule has 0 heterocycles. The molecule has 1 amide bonds. The fraction of sp³-hybridized carbons (Fsp3) is 0.533. The SMILES string of the molecule is C[C@H](NC(=O)COC(C)(C)C)[C@H](O)c1ccc(Br)cc1. The van der Waals surface area contributed by atoms with Crippen molar-refractivity contribution in [3.63, 3.8) is 0 Å². The number of hydrogen-bond donors (Lipinski definition) is 2. The minimum absolute atomic E-state index is 0.0130. The van der Waals surface area contributed by atoms with Crippen molar-refractivity contribution in [2.24, 2.45) is 0 Å². The molecule has 0 aromatic heterocycles. The molecule has 20 heavy (non-hydrogen) atoms. The smallest absolute Gasteiger partial charge is 0.246 e. The molecule has 2 N–H and O–H groups in total. The van der Waals surface area contributed by atoms with E-state index in [1.807, 2.05) is 45.0 Å². The number of carbonyl (C=O) groups excluding carboxylic acids is 1. The Bertz CT molecular complexity index is 439. The van der Waals surface area contributed by atoms with Crippen molar-refractivity contribution in [3.8, 4) is 0 Å². The van der Waals surface area contributed by atoms with Crippen molar-refractivity contribution in [2.45, 2.75) is 45.4 Å². The van der Waals surface area contributed by atoms with Crippen molar-refractivity contribution in [1.29, 1.82) is 0 Å². The number of carbonyl (C=O) groups is 1. The number of hydrogen-bond acceptors (Lipinski definition) is 3. The highest BCUT2D eigenvalue weighted by Gasteiger charge is 2.19. The molecule has 1 rings (SSSR count). The number of rotatable bonds is 5. The highest BCUT2D eigenvalue weighted by molar-refractivity contribution is 9.10. The Kier molecular flexibility index (Phi) is 6.17. The largest absolute Gasteiger partial charge is 0.386 e. The molecule has 4 nitrogen and oxygen atoms in total. The molecule has 0 aliphatic carbocycles. The Morgan fingerprint density at radius 2 is 1.90 bits per heavy atom. The van der Waals surface area contributed by atoms with Crippen LogP contribution in [0.3, 0.4) is 0 Å². The Labute approximate surface area is 128 Å². The molecule has 0 saturated carbocycles. The first-order valence-corrected chi connectivity index (χ1v) is 7.35. The van der Waals surface area contributed by atoms with E-state index < -0.39 is 6.10 Å². The lowest BCUT2D eigenvalue weighted by molar-refractivity contribution is -0.131. The number of benzene rings is 1. The van der Waals surface area contributed by atoms with Gasteiger partial charge in [-0.2, -0.15) is 0 Å². The summed E-state index contributed by atoms with van der Waals surface area (Å²) in [5.74, 6) is -0.233. The van der Waals surface area contributed by atoms with Crippen LogP contribution in [0, 0.1) is 0 Å². The minimum Gasteiger partial charge on any atom is -0.386 e. The van der Waals surface area contributed by atoms with Crippen LogP contribution in [0.25, 0.3) is 0 Å². The molecule has 0 aliphatic heterocycles. The second-order valence-corrected chi connectivity index (χ2v) is 6.67. The molecule has 0 unspecified atom stereocenters. The second kappa shape index (κ2) is 7.20. The zero-order chi connectivity index (χ0) is 15.3. The van der Waals surface area contributed by atoms with Crippen LogP contribution in [0.2, 0.25) is 0 Å². The van der Waals surface area contributed by atoms with Gasteiger partial charge in [0.25, 0.3) is 0 Å². The summed E-state index contributed by atoms with van der Waals surface area (Å²) in [6, 6.07) is 6.98. The van der Waals surface area contributed by atoms with Crippen LogP contribution in [0.15, 0.2) is 28.7 Å². The van der Waals surface area contributed by atoms with Gasteiger partial charge in [-0.3, -0.25) is 4.79 Å². The first-order valence-electron chi connectivity index (χ1n) is 6.56. The zero-order valence-electron chi connectivity index (χ0n) is 12.3. The highest BCUT2D eigenvalue weighted by atomic mass is 79.9. The monoisotopic (exact) mass is 343 g/mol. The third kappa shape index (κ3) is 6.03. The maximum Gasteiger partial charge on any atom is 0.246 e. The number of nitrogens with one attached hydrogen (secondary N) is 1. The van der Waals surface area contributed by atoms with Crippen molar-refractivity contribution in [2.75, 3.05) is 6.61 Å². The van der Waals surface area contributed by atoms with Gasteiger partial charge >= 0.3 is 0 Å². The van der Waals surface area contributed by atoms with Crippen LogP contribution >= 0.6 is 15.9 Å². The molecular weight excluding hydrogens is 322 g/mol. The summed E-state index contributed by atoms with van der Waals surface area (Å²) < 4.78 is 6.34. The maximum absolute atomic E-state index is 11.7. The van der Waals surface area contributed by atoms with Crippen molar-refractivity contribution < 1.29 is 14.6 Å². The second-order valence-electron chi connectivity index (χ2n) is 5.75. The van der Waals surface area contributed by atoms with Gasteiger partial charge in [0.1, 0.15) is 6.61 Å². The quantitative estimate of drug-likeness (QED) is 0.864. The van der Waals surface area contributed by atoms with Gasteiger partial charge < -0.3 is 15.2 Å². The Balaban J connectivity index is 2.51. The molecule has 5 heteroatoms. The van der Waals surface area contributed by atoms with Gasteiger partial charge in [-0.15, -0.1) is 0 Å². The van der Waals surface area contributed by atoms with Crippen LogP contribution in [0.1, 0.15) is 39.4 Å². The standard InChI is InChI=1S/C15H22BrNO3/c1-10(17-13(18)9-20-15(2,3)4)14(19)11-5-7-12(16)8-6-11/h5-8,10,14,19H,9H2,1-4H3,(H,17,18)/t10-,14-/m0/s1. The van der Waals surface area contributed by atoms with E-state index in [2.05, 4.69) is 21.2 Å². The number of halogens is 1. The number of ether oxygens (including phenoxy) is 1. The van der Waals surface area contributed by atoms with E-state index in [1.165, 1.54) is 0 Å². The van der Waals surface area contributed by atoms with Gasteiger partial charge in [-0.1, -0.05) is 28.1 Å². The van der Waals surface area contributed by atoms with E-state index >= 15 is 0 Å². The van der Waals surface area contributed by atoms with Crippen LogP contribution in [-0.2, 0) is 9.53 Å².